The summed E-state index contributed by atoms with van der Waals surface area (Å²) in [4.78, 5) is 17.6. The number of nitrogens with zero attached hydrogens (tertiary/aromatic N) is 5. The molecule has 1 aromatic heterocycles. The summed E-state index contributed by atoms with van der Waals surface area (Å²) in [7, 11) is 0. The molecule has 2 fully saturated rings. The fourth-order valence-electron chi connectivity index (χ4n) is 3.56. The fourth-order valence-corrected chi connectivity index (χ4v) is 3.56. The van der Waals surface area contributed by atoms with E-state index in [2.05, 4.69) is 19.8 Å². The van der Waals surface area contributed by atoms with Crippen LogP contribution in [0.2, 0.25) is 0 Å². The molecular weight excluding hydrogens is 458 g/mol. The van der Waals surface area contributed by atoms with Crippen molar-refractivity contribution in [1.29, 1.82) is 0 Å². The minimum Gasteiger partial charge on any atom is -0.370 e. The number of halogens is 2. The lowest BCUT2D eigenvalue weighted by molar-refractivity contribution is 0.336. The van der Waals surface area contributed by atoms with Crippen LogP contribution in [0.15, 0.2) is 47.7 Å². The fraction of sp³-hybridized carbons (Fsp3) is 0.421. The molecule has 0 unspecified atom stereocenters. The summed E-state index contributed by atoms with van der Waals surface area (Å²) in [6, 6.07) is 8.87. The Morgan fingerprint density at radius 3 is 2.30 bits per heavy atom. The second-order valence-electron chi connectivity index (χ2n) is 6.88. The first-order valence-corrected chi connectivity index (χ1v) is 9.04. The molecule has 1 saturated carbocycles. The number of guanidine groups is 1. The highest BCUT2D eigenvalue weighted by Gasteiger charge is 2.31. The molecular formula is C19H24FIN6. The molecule has 0 bridgehead atoms. The van der Waals surface area contributed by atoms with Crippen molar-refractivity contribution in [2.75, 3.05) is 31.1 Å². The van der Waals surface area contributed by atoms with Gasteiger partial charge in [-0.3, -0.25) is 0 Å². The minimum absolute atomic E-state index is 0. The van der Waals surface area contributed by atoms with Gasteiger partial charge >= 0.3 is 0 Å². The second kappa shape index (κ2) is 8.81. The average Bonchev–Trinajstić information content (AvgIpc) is 2.66. The molecule has 1 saturated heterocycles. The molecule has 6 nitrogen and oxygen atoms in total. The van der Waals surface area contributed by atoms with E-state index in [-0.39, 0.29) is 35.8 Å². The predicted molar refractivity (Wildman–Crippen MR) is 115 cm³/mol. The third-order valence-corrected chi connectivity index (χ3v) is 5.21. The van der Waals surface area contributed by atoms with Crippen LogP contribution < -0.4 is 10.6 Å². The summed E-state index contributed by atoms with van der Waals surface area (Å²) >= 11 is 0. The topological polar surface area (TPSA) is 70.6 Å². The van der Waals surface area contributed by atoms with E-state index < -0.39 is 0 Å². The first-order chi connectivity index (χ1) is 12.7. The monoisotopic (exact) mass is 482 g/mol. The van der Waals surface area contributed by atoms with Crippen LogP contribution in [0.25, 0.3) is 0 Å². The molecule has 2 heterocycles. The van der Waals surface area contributed by atoms with Crippen LogP contribution in [0.5, 0.6) is 0 Å². The van der Waals surface area contributed by atoms with Crippen LogP contribution in [0.4, 0.5) is 10.3 Å². The van der Waals surface area contributed by atoms with Gasteiger partial charge < -0.3 is 15.5 Å². The number of aromatic nitrogens is 2. The van der Waals surface area contributed by atoms with Crippen molar-refractivity contribution in [2.45, 2.75) is 24.8 Å². The number of anilines is 1. The number of nitrogens with two attached hydrogens (primary N) is 1. The molecule has 144 valence electrons. The Balaban J connectivity index is 0.00000210. The predicted octanol–water partition coefficient (Wildman–Crippen LogP) is 2.62. The summed E-state index contributed by atoms with van der Waals surface area (Å²) in [5.41, 5.74) is 7.41. The highest BCUT2D eigenvalue weighted by Crippen LogP contribution is 2.38. The molecule has 1 aliphatic carbocycles. The van der Waals surface area contributed by atoms with E-state index in [1.807, 2.05) is 18.2 Å². The maximum atomic E-state index is 13.0. The molecule has 2 aliphatic rings. The van der Waals surface area contributed by atoms with Crippen LogP contribution in [0.1, 0.15) is 24.3 Å². The van der Waals surface area contributed by atoms with Crippen LogP contribution in [-0.4, -0.2) is 53.0 Å². The Morgan fingerprint density at radius 2 is 1.67 bits per heavy atom. The van der Waals surface area contributed by atoms with Crippen molar-refractivity contribution < 1.29 is 4.39 Å². The van der Waals surface area contributed by atoms with E-state index >= 15 is 0 Å². The van der Waals surface area contributed by atoms with E-state index in [9.17, 15) is 4.39 Å². The van der Waals surface area contributed by atoms with E-state index in [0.717, 1.165) is 45.0 Å². The van der Waals surface area contributed by atoms with E-state index in [1.54, 1.807) is 12.4 Å². The van der Waals surface area contributed by atoms with Crippen molar-refractivity contribution in [3.05, 3.63) is 54.1 Å². The number of aliphatic imine (C=N–C) groups is 1. The van der Waals surface area contributed by atoms with Gasteiger partial charge in [-0.2, -0.15) is 0 Å². The first kappa shape index (κ1) is 19.8. The number of piperazine rings is 1. The van der Waals surface area contributed by atoms with Crippen molar-refractivity contribution in [3.63, 3.8) is 0 Å². The van der Waals surface area contributed by atoms with Gasteiger partial charge in [-0.25, -0.2) is 19.4 Å². The van der Waals surface area contributed by atoms with Gasteiger partial charge in [0.05, 0.1) is 6.04 Å². The smallest absolute Gasteiger partial charge is 0.225 e. The lowest BCUT2D eigenvalue weighted by Gasteiger charge is -2.37. The zero-order valence-corrected chi connectivity index (χ0v) is 17.4. The molecule has 4 rings (SSSR count). The van der Waals surface area contributed by atoms with E-state index in [0.29, 0.717) is 11.9 Å². The lowest BCUT2D eigenvalue weighted by Crippen LogP contribution is -2.52. The lowest BCUT2D eigenvalue weighted by atomic mass is 9.76. The van der Waals surface area contributed by atoms with Crippen molar-refractivity contribution >= 4 is 35.9 Å². The number of benzene rings is 1. The highest BCUT2D eigenvalue weighted by molar-refractivity contribution is 14.0. The standard InChI is InChI=1S/C19H23FN6.HI/c20-16-4-2-14(3-5-16)15-12-17(13-15)24-18(21)25-8-10-26(11-9-25)19-22-6-1-7-23-19;/h1-7,15,17H,8-13H2,(H2,21,24);1H. The van der Waals surface area contributed by atoms with Gasteiger partial charge in [-0.1, -0.05) is 12.1 Å². The molecule has 0 atom stereocenters. The Kier molecular flexibility index (Phi) is 6.46. The van der Waals surface area contributed by atoms with Crippen LogP contribution in [0, 0.1) is 5.82 Å². The van der Waals surface area contributed by atoms with Gasteiger partial charge in [-0.05, 0) is 42.5 Å². The normalized spacial score (nSPS) is 22.8. The van der Waals surface area contributed by atoms with Crippen LogP contribution in [0.3, 0.4) is 0 Å². The third-order valence-electron chi connectivity index (χ3n) is 5.21. The third kappa shape index (κ3) is 4.66. The van der Waals surface area contributed by atoms with Crippen molar-refractivity contribution in [2.24, 2.45) is 10.7 Å². The SMILES string of the molecule is I.NC(=NC1CC(c2ccc(F)cc2)C1)N1CCN(c2ncccn2)CC1. The zero-order valence-electron chi connectivity index (χ0n) is 15.0. The summed E-state index contributed by atoms with van der Waals surface area (Å²) in [5.74, 6) is 1.67. The van der Waals surface area contributed by atoms with Gasteiger partial charge in [0.25, 0.3) is 0 Å². The molecule has 2 aromatic rings. The second-order valence-corrected chi connectivity index (χ2v) is 6.88. The average molecular weight is 482 g/mol. The van der Waals surface area contributed by atoms with E-state index in [1.165, 1.54) is 17.7 Å². The molecule has 2 N–H and O–H groups in total. The summed E-state index contributed by atoms with van der Waals surface area (Å²) in [5, 5.41) is 0. The molecule has 8 heteroatoms. The number of hydrogen-bond donors (Lipinski definition) is 1. The van der Waals surface area contributed by atoms with Gasteiger partial charge in [-0.15, -0.1) is 24.0 Å². The molecule has 0 radical (unpaired) electrons. The number of hydrogen-bond acceptors (Lipinski definition) is 4. The Morgan fingerprint density at radius 1 is 1.04 bits per heavy atom. The van der Waals surface area contributed by atoms with Crippen molar-refractivity contribution in [3.8, 4) is 0 Å². The van der Waals surface area contributed by atoms with Gasteiger partial charge in [0, 0.05) is 38.6 Å². The molecule has 0 spiro atoms. The summed E-state index contributed by atoms with van der Waals surface area (Å²) in [6.45, 7) is 3.32. The van der Waals surface area contributed by atoms with Crippen LogP contribution >= 0.6 is 24.0 Å². The largest absolute Gasteiger partial charge is 0.370 e. The van der Waals surface area contributed by atoms with Gasteiger partial charge in [0.2, 0.25) is 5.95 Å². The van der Waals surface area contributed by atoms with Crippen LogP contribution in [-0.2, 0) is 0 Å². The maximum Gasteiger partial charge on any atom is 0.225 e. The van der Waals surface area contributed by atoms with Crippen molar-refractivity contribution in [1.82, 2.24) is 14.9 Å². The maximum absolute atomic E-state index is 13.0. The number of rotatable bonds is 3. The highest BCUT2D eigenvalue weighted by atomic mass is 127. The molecule has 0 amide bonds. The van der Waals surface area contributed by atoms with Gasteiger partial charge in [0.15, 0.2) is 5.96 Å². The van der Waals surface area contributed by atoms with Gasteiger partial charge in [0.1, 0.15) is 5.82 Å². The minimum atomic E-state index is -0.188. The van der Waals surface area contributed by atoms with E-state index in [4.69, 9.17) is 10.7 Å². The molecule has 1 aliphatic heterocycles. The summed E-state index contributed by atoms with van der Waals surface area (Å²) in [6.07, 6.45) is 5.48. The Bertz CT molecular complexity index is 756. The Labute approximate surface area is 175 Å². The quantitative estimate of drug-likeness (QED) is 0.414. The molecule has 1 aromatic carbocycles. The summed E-state index contributed by atoms with van der Waals surface area (Å²) < 4.78 is 13.0. The zero-order chi connectivity index (χ0) is 17.9. The molecule has 27 heavy (non-hydrogen) atoms. The first-order valence-electron chi connectivity index (χ1n) is 9.04. The Hall–Kier alpha value is -1.97.